The van der Waals surface area contributed by atoms with Crippen LogP contribution in [0.3, 0.4) is 0 Å². The Morgan fingerprint density at radius 1 is 1.10 bits per heavy atom. The van der Waals surface area contributed by atoms with E-state index in [4.69, 9.17) is 0 Å². The minimum atomic E-state index is 0.0117. The van der Waals surface area contributed by atoms with Crippen LogP contribution in [0.25, 0.3) is 6.08 Å². The third kappa shape index (κ3) is 2.42. The Labute approximate surface area is 124 Å². The highest BCUT2D eigenvalue weighted by Gasteiger charge is 2.26. The lowest BCUT2D eigenvalue weighted by molar-refractivity contribution is 0.104. The maximum absolute atomic E-state index is 12.3. The molecule has 0 fully saturated rings. The van der Waals surface area contributed by atoms with Crippen LogP contribution in [0, 0.1) is 0 Å². The largest absolute Gasteiger partial charge is 0.508 e. The average Bonchev–Trinajstić information content (AvgIpc) is 2.78. The summed E-state index contributed by atoms with van der Waals surface area (Å²) < 4.78 is 0. The van der Waals surface area contributed by atoms with E-state index >= 15 is 0 Å². The molecule has 0 radical (unpaired) electrons. The maximum Gasteiger partial charge on any atom is 0.189 e. The van der Waals surface area contributed by atoms with Gasteiger partial charge in [-0.1, -0.05) is 24.3 Å². The monoisotopic (exact) mass is 279 g/mol. The van der Waals surface area contributed by atoms with Gasteiger partial charge in [-0.05, 0) is 29.8 Å². The number of phenolic OH excluding ortho intramolecular Hbond substituents is 1. The molecule has 0 saturated heterocycles. The van der Waals surface area contributed by atoms with Crippen molar-refractivity contribution in [3.05, 3.63) is 64.7 Å². The molecule has 3 rings (SSSR count). The highest BCUT2D eigenvalue weighted by atomic mass is 16.3. The number of anilines is 1. The molecule has 1 N–H and O–H groups in total. The quantitative estimate of drug-likeness (QED) is 0.858. The molecule has 3 nitrogen and oxygen atoms in total. The fourth-order valence-electron chi connectivity index (χ4n) is 2.60. The van der Waals surface area contributed by atoms with Gasteiger partial charge in [-0.25, -0.2) is 0 Å². The van der Waals surface area contributed by atoms with E-state index in [-0.39, 0.29) is 11.5 Å². The van der Waals surface area contributed by atoms with Crippen LogP contribution < -0.4 is 4.90 Å². The number of nitrogens with zero attached hydrogens (tertiary/aromatic N) is 1. The Hall–Kier alpha value is -2.55. The fourth-order valence-corrected chi connectivity index (χ4v) is 2.60. The molecule has 0 spiro atoms. The molecule has 2 aromatic carbocycles. The molecule has 0 saturated carbocycles. The second kappa shape index (κ2) is 5.09. The zero-order valence-electron chi connectivity index (χ0n) is 12.1. The third-order valence-electron chi connectivity index (χ3n) is 3.81. The van der Waals surface area contributed by atoms with Crippen LogP contribution in [0.1, 0.15) is 21.5 Å². The van der Waals surface area contributed by atoms with Gasteiger partial charge in [-0.3, -0.25) is 4.79 Å². The summed E-state index contributed by atoms with van der Waals surface area (Å²) in [6.07, 6.45) is 2.40. The van der Waals surface area contributed by atoms with Crippen LogP contribution in [-0.4, -0.2) is 25.0 Å². The summed E-state index contributed by atoms with van der Waals surface area (Å²) in [5.41, 5.74) is 4.20. The molecule has 0 heterocycles. The van der Waals surface area contributed by atoms with Crippen LogP contribution in [0.5, 0.6) is 5.75 Å². The zero-order chi connectivity index (χ0) is 15.0. The van der Waals surface area contributed by atoms with E-state index in [1.807, 2.05) is 49.3 Å². The summed E-state index contributed by atoms with van der Waals surface area (Å²) in [6.45, 7) is 0. The van der Waals surface area contributed by atoms with Crippen LogP contribution in [0.4, 0.5) is 5.69 Å². The van der Waals surface area contributed by atoms with Crippen LogP contribution in [0.2, 0.25) is 0 Å². The van der Waals surface area contributed by atoms with E-state index in [1.165, 1.54) is 0 Å². The Balaban J connectivity index is 1.92. The summed E-state index contributed by atoms with van der Waals surface area (Å²) in [4.78, 5) is 14.4. The lowest BCUT2D eigenvalue weighted by Crippen LogP contribution is -2.07. The van der Waals surface area contributed by atoms with Crippen molar-refractivity contribution in [3.8, 4) is 5.75 Å². The number of carbonyl (C=O) groups is 1. The predicted molar refractivity (Wildman–Crippen MR) is 84.9 cm³/mol. The van der Waals surface area contributed by atoms with Crippen molar-refractivity contribution in [2.45, 2.75) is 6.42 Å². The van der Waals surface area contributed by atoms with Gasteiger partial charge in [-0.15, -0.1) is 0 Å². The van der Waals surface area contributed by atoms with Crippen molar-refractivity contribution < 1.29 is 9.90 Å². The zero-order valence-corrected chi connectivity index (χ0v) is 12.1. The average molecular weight is 279 g/mol. The lowest BCUT2D eigenvalue weighted by Gasteiger charge is -2.11. The number of ketones is 1. The van der Waals surface area contributed by atoms with Gasteiger partial charge >= 0.3 is 0 Å². The van der Waals surface area contributed by atoms with E-state index in [2.05, 4.69) is 0 Å². The number of carbonyl (C=O) groups excluding carboxylic acids is 1. The number of aromatic hydroxyl groups is 1. The number of allylic oxidation sites excluding steroid dienone is 1. The van der Waals surface area contributed by atoms with Gasteiger partial charge < -0.3 is 10.0 Å². The Kier molecular flexibility index (Phi) is 3.26. The number of hydrogen-bond acceptors (Lipinski definition) is 3. The molecule has 0 atom stereocenters. The second-order valence-corrected chi connectivity index (χ2v) is 5.46. The van der Waals surface area contributed by atoms with Crippen molar-refractivity contribution in [1.29, 1.82) is 0 Å². The molecule has 3 heteroatoms. The molecule has 0 bridgehead atoms. The van der Waals surface area contributed by atoms with Crippen molar-refractivity contribution in [2.24, 2.45) is 0 Å². The van der Waals surface area contributed by atoms with Gasteiger partial charge in [0.25, 0.3) is 0 Å². The lowest BCUT2D eigenvalue weighted by atomic mass is 10.1. The first kappa shape index (κ1) is 13.4. The normalized spacial score (nSPS) is 15.3. The number of Topliss-reactive ketones (excluding diaryl/α,β-unsaturated/α-hetero) is 1. The molecule has 0 amide bonds. The molecule has 0 aromatic heterocycles. The predicted octanol–water partition coefficient (Wildman–Crippen LogP) is 3.28. The fraction of sp³-hybridized carbons (Fsp3) is 0.167. The van der Waals surface area contributed by atoms with Crippen molar-refractivity contribution in [3.63, 3.8) is 0 Å². The van der Waals surface area contributed by atoms with E-state index < -0.39 is 0 Å². The summed E-state index contributed by atoms with van der Waals surface area (Å²) in [6, 6.07) is 13.2. The molecular formula is C18H17NO2. The number of rotatable bonds is 2. The van der Waals surface area contributed by atoms with Gasteiger partial charge in [0.05, 0.1) is 0 Å². The van der Waals surface area contributed by atoms with Crippen LogP contribution >= 0.6 is 0 Å². The minimum Gasteiger partial charge on any atom is -0.508 e. The van der Waals surface area contributed by atoms with Crippen molar-refractivity contribution in [1.82, 2.24) is 0 Å². The molecular weight excluding hydrogens is 262 g/mol. The van der Waals surface area contributed by atoms with Crippen LogP contribution in [-0.2, 0) is 6.42 Å². The molecule has 2 aromatic rings. The van der Waals surface area contributed by atoms with Gasteiger partial charge in [-0.2, -0.15) is 0 Å². The molecule has 1 aliphatic rings. The van der Waals surface area contributed by atoms with Gasteiger partial charge in [0, 0.05) is 42.9 Å². The van der Waals surface area contributed by atoms with Crippen molar-refractivity contribution >= 4 is 17.5 Å². The number of benzene rings is 2. The summed E-state index contributed by atoms with van der Waals surface area (Å²) in [5, 5.41) is 9.85. The standard InChI is InChI=1S/C18H17NO2/c1-19(2)14-8-6-12(7-9-14)10-13-11-16-15(18(13)21)4-3-5-17(16)20/h3-10,20H,11H2,1-2H3/b13-10+. The molecule has 106 valence electrons. The van der Waals surface area contributed by atoms with Gasteiger partial charge in [0.2, 0.25) is 0 Å². The maximum atomic E-state index is 12.3. The summed E-state index contributed by atoms with van der Waals surface area (Å²) in [7, 11) is 3.99. The Bertz CT molecular complexity index is 727. The summed E-state index contributed by atoms with van der Waals surface area (Å²) >= 11 is 0. The SMILES string of the molecule is CN(C)c1ccc(/C=C2\Cc3c(O)cccc3C2=O)cc1. The van der Waals surface area contributed by atoms with Crippen LogP contribution in [0.15, 0.2) is 48.0 Å². The number of fused-ring (bicyclic) bond motifs is 1. The van der Waals surface area contributed by atoms with E-state index in [0.29, 0.717) is 12.0 Å². The Morgan fingerprint density at radius 3 is 2.43 bits per heavy atom. The summed E-state index contributed by atoms with van der Waals surface area (Å²) in [5.74, 6) is 0.213. The number of phenols is 1. The first-order valence-electron chi connectivity index (χ1n) is 6.90. The smallest absolute Gasteiger partial charge is 0.189 e. The second-order valence-electron chi connectivity index (χ2n) is 5.46. The van der Waals surface area contributed by atoms with Gasteiger partial charge in [0.1, 0.15) is 5.75 Å². The van der Waals surface area contributed by atoms with E-state index in [9.17, 15) is 9.90 Å². The molecule has 21 heavy (non-hydrogen) atoms. The number of hydrogen-bond donors (Lipinski definition) is 1. The van der Waals surface area contributed by atoms with E-state index in [0.717, 1.165) is 22.4 Å². The topological polar surface area (TPSA) is 40.5 Å². The highest BCUT2D eigenvalue weighted by molar-refractivity contribution is 6.16. The highest BCUT2D eigenvalue weighted by Crippen LogP contribution is 2.33. The first-order valence-corrected chi connectivity index (χ1v) is 6.90. The molecule has 1 aliphatic carbocycles. The minimum absolute atomic E-state index is 0.0117. The molecule has 0 unspecified atom stereocenters. The van der Waals surface area contributed by atoms with Gasteiger partial charge in [0.15, 0.2) is 5.78 Å². The Morgan fingerprint density at radius 2 is 1.81 bits per heavy atom. The first-order chi connectivity index (χ1) is 10.1. The van der Waals surface area contributed by atoms with Crippen molar-refractivity contribution in [2.75, 3.05) is 19.0 Å². The van der Waals surface area contributed by atoms with E-state index in [1.54, 1.807) is 18.2 Å². The third-order valence-corrected chi connectivity index (χ3v) is 3.81. The molecule has 0 aliphatic heterocycles.